The highest BCUT2D eigenvalue weighted by atomic mass is 16.6. The summed E-state index contributed by atoms with van der Waals surface area (Å²) in [5.74, 6) is -1.01. The van der Waals surface area contributed by atoms with Crippen LogP contribution in [0.3, 0.4) is 0 Å². The van der Waals surface area contributed by atoms with Gasteiger partial charge in [0.25, 0.3) is 0 Å². The number of nitrogens with zero attached hydrogens (tertiary/aromatic N) is 1. The summed E-state index contributed by atoms with van der Waals surface area (Å²) in [5.41, 5.74) is 0.188. The summed E-state index contributed by atoms with van der Waals surface area (Å²) in [7, 11) is 0. The number of carbonyl (C=O) groups is 3. The topological polar surface area (TPSA) is 72.9 Å². The summed E-state index contributed by atoms with van der Waals surface area (Å²) >= 11 is 0. The number of ether oxygens (including phenoxy) is 2. The summed E-state index contributed by atoms with van der Waals surface area (Å²) in [4.78, 5) is 39.2. The first-order chi connectivity index (χ1) is 12.3. The van der Waals surface area contributed by atoms with Crippen molar-refractivity contribution in [1.82, 2.24) is 4.90 Å². The zero-order valence-corrected chi connectivity index (χ0v) is 15.4. The fraction of sp³-hybridized carbons (Fsp3) is 0.550. The molecule has 0 N–H and O–H groups in total. The van der Waals surface area contributed by atoms with Crippen LogP contribution < -0.4 is 0 Å². The van der Waals surface area contributed by atoms with Crippen LogP contribution in [0, 0.1) is 5.92 Å². The van der Waals surface area contributed by atoms with E-state index >= 15 is 0 Å². The summed E-state index contributed by atoms with van der Waals surface area (Å²) in [6.45, 7) is 5.45. The van der Waals surface area contributed by atoms with Crippen molar-refractivity contribution in [3.63, 3.8) is 0 Å². The molecule has 2 aliphatic heterocycles. The zero-order chi connectivity index (χ0) is 18.9. The van der Waals surface area contributed by atoms with Gasteiger partial charge in [0.05, 0.1) is 0 Å². The Labute approximate surface area is 153 Å². The van der Waals surface area contributed by atoms with E-state index in [1.807, 2.05) is 30.3 Å². The SMILES string of the molecule is CC(C)(C)OC(=O)N1[C@H]2CC[C@H](C(=O)C2)[C@@H]1C(=O)OCc1ccccc1. The molecular formula is C20H25NO5. The third-order valence-electron chi connectivity index (χ3n) is 4.81. The molecule has 6 nitrogen and oxygen atoms in total. The van der Waals surface area contributed by atoms with Crippen LogP contribution in [0.15, 0.2) is 30.3 Å². The lowest BCUT2D eigenvalue weighted by Gasteiger charge is -2.48. The third-order valence-corrected chi connectivity index (χ3v) is 4.81. The van der Waals surface area contributed by atoms with Gasteiger partial charge in [-0.2, -0.15) is 0 Å². The normalized spacial score (nSPS) is 25.1. The Kier molecular flexibility index (Phi) is 5.03. The molecule has 140 valence electrons. The number of piperidine rings is 2. The minimum Gasteiger partial charge on any atom is -0.459 e. The molecule has 6 heteroatoms. The second-order valence-electron chi connectivity index (χ2n) is 7.93. The number of amides is 1. The fourth-order valence-corrected chi connectivity index (χ4v) is 3.68. The first-order valence-corrected chi connectivity index (χ1v) is 9.01. The van der Waals surface area contributed by atoms with Gasteiger partial charge in [-0.3, -0.25) is 9.69 Å². The minimum atomic E-state index is -0.895. The van der Waals surface area contributed by atoms with Crippen LogP contribution in [0.25, 0.3) is 0 Å². The lowest BCUT2D eigenvalue weighted by atomic mass is 9.74. The Hall–Kier alpha value is -2.37. The van der Waals surface area contributed by atoms with Crippen molar-refractivity contribution < 1.29 is 23.9 Å². The van der Waals surface area contributed by atoms with E-state index in [1.165, 1.54) is 4.90 Å². The van der Waals surface area contributed by atoms with Gasteiger partial charge < -0.3 is 9.47 Å². The average Bonchev–Trinajstić information content (AvgIpc) is 2.58. The Morgan fingerprint density at radius 1 is 1.15 bits per heavy atom. The van der Waals surface area contributed by atoms with Crippen LogP contribution in [0.2, 0.25) is 0 Å². The summed E-state index contributed by atoms with van der Waals surface area (Å²) in [6.07, 6.45) is 1.04. The highest BCUT2D eigenvalue weighted by Crippen LogP contribution is 2.39. The molecule has 0 aromatic heterocycles. The van der Waals surface area contributed by atoms with E-state index in [0.717, 1.165) is 5.56 Å². The van der Waals surface area contributed by atoms with Crippen LogP contribution in [0.4, 0.5) is 4.79 Å². The molecule has 0 spiro atoms. The Morgan fingerprint density at radius 3 is 2.46 bits per heavy atom. The predicted octanol–water partition coefficient (Wildman–Crippen LogP) is 3.09. The van der Waals surface area contributed by atoms with E-state index in [0.29, 0.717) is 12.8 Å². The van der Waals surface area contributed by atoms with Crippen molar-refractivity contribution in [2.75, 3.05) is 0 Å². The number of esters is 1. The van der Waals surface area contributed by atoms with E-state index in [4.69, 9.17) is 9.47 Å². The number of benzene rings is 1. The van der Waals surface area contributed by atoms with Gasteiger partial charge in [0.1, 0.15) is 24.0 Å². The highest BCUT2D eigenvalue weighted by molar-refractivity contribution is 5.94. The van der Waals surface area contributed by atoms with Crippen molar-refractivity contribution in [1.29, 1.82) is 0 Å². The Balaban J connectivity index is 1.77. The van der Waals surface area contributed by atoms with Crippen LogP contribution in [-0.4, -0.2) is 40.4 Å². The number of carbonyl (C=O) groups excluding carboxylic acids is 3. The van der Waals surface area contributed by atoms with Crippen molar-refractivity contribution in [3.05, 3.63) is 35.9 Å². The van der Waals surface area contributed by atoms with Crippen LogP contribution in [0.5, 0.6) is 0 Å². The van der Waals surface area contributed by atoms with Crippen molar-refractivity contribution in [3.8, 4) is 0 Å². The van der Waals surface area contributed by atoms with Crippen molar-refractivity contribution >= 4 is 17.8 Å². The summed E-state index contributed by atoms with van der Waals surface area (Å²) in [5, 5.41) is 0. The number of ketones is 1. The first kappa shape index (κ1) is 18.4. The Bertz CT molecular complexity index is 694. The smallest absolute Gasteiger partial charge is 0.411 e. The third kappa shape index (κ3) is 3.89. The number of fused-ring (bicyclic) bond motifs is 3. The van der Waals surface area contributed by atoms with Crippen LogP contribution >= 0.6 is 0 Å². The molecule has 2 bridgehead atoms. The molecule has 1 aromatic carbocycles. The zero-order valence-electron chi connectivity index (χ0n) is 15.4. The fourth-order valence-electron chi connectivity index (χ4n) is 3.68. The summed E-state index contributed by atoms with van der Waals surface area (Å²) in [6, 6.07) is 8.14. The van der Waals surface area contributed by atoms with Gasteiger partial charge in [0.15, 0.2) is 0 Å². The largest absolute Gasteiger partial charge is 0.459 e. The highest BCUT2D eigenvalue weighted by Gasteiger charge is 2.53. The molecule has 3 atom stereocenters. The van der Waals surface area contributed by atoms with E-state index in [-0.39, 0.29) is 24.9 Å². The minimum absolute atomic E-state index is 0.0303. The van der Waals surface area contributed by atoms with Gasteiger partial charge in [-0.1, -0.05) is 30.3 Å². The molecule has 1 aromatic rings. The van der Waals surface area contributed by atoms with E-state index in [2.05, 4.69) is 0 Å². The lowest BCUT2D eigenvalue weighted by Crippen LogP contribution is -2.64. The molecule has 2 saturated heterocycles. The number of hydrogen-bond donors (Lipinski definition) is 0. The Morgan fingerprint density at radius 2 is 1.85 bits per heavy atom. The second kappa shape index (κ2) is 7.09. The molecule has 0 unspecified atom stereocenters. The quantitative estimate of drug-likeness (QED) is 0.776. The molecule has 2 heterocycles. The standard InChI is InChI=1S/C20H25NO5/c1-20(2,3)26-19(24)21-14-9-10-15(16(22)11-14)17(21)18(23)25-12-13-7-5-4-6-8-13/h4-8,14-15,17H,9-12H2,1-3H3/t14-,15+,17+/m0/s1. The molecule has 3 fully saturated rings. The van der Waals surface area contributed by atoms with E-state index in [9.17, 15) is 14.4 Å². The first-order valence-electron chi connectivity index (χ1n) is 9.01. The molecule has 1 amide bonds. The molecule has 1 saturated carbocycles. The maximum Gasteiger partial charge on any atom is 0.411 e. The van der Waals surface area contributed by atoms with Crippen LogP contribution in [-0.2, 0) is 25.7 Å². The molecule has 1 aliphatic carbocycles. The second-order valence-corrected chi connectivity index (χ2v) is 7.93. The monoisotopic (exact) mass is 359 g/mol. The predicted molar refractivity (Wildman–Crippen MR) is 94.2 cm³/mol. The van der Waals surface area contributed by atoms with Gasteiger partial charge in [-0.15, -0.1) is 0 Å². The number of Topliss-reactive ketones (excluding diaryl/α,β-unsaturated/α-hetero) is 1. The average molecular weight is 359 g/mol. The molecule has 0 radical (unpaired) electrons. The van der Waals surface area contributed by atoms with Crippen molar-refractivity contribution in [2.24, 2.45) is 5.92 Å². The molecular weight excluding hydrogens is 334 g/mol. The van der Waals surface area contributed by atoms with Crippen molar-refractivity contribution in [2.45, 2.75) is 64.3 Å². The number of hydrogen-bond acceptors (Lipinski definition) is 5. The molecule has 4 rings (SSSR count). The lowest BCUT2D eigenvalue weighted by molar-refractivity contribution is -0.164. The van der Waals surface area contributed by atoms with Gasteiger partial charge in [-0.25, -0.2) is 9.59 Å². The van der Waals surface area contributed by atoms with Gasteiger partial charge in [0.2, 0.25) is 0 Å². The van der Waals surface area contributed by atoms with E-state index < -0.39 is 29.6 Å². The van der Waals surface area contributed by atoms with E-state index in [1.54, 1.807) is 20.8 Å². The maximum absolute atomic E-state index is 12.8. The van der Waals surface area contributed by atoms with Gasteiger partial charge in [0, 0.05) is 18.4 Å². The van der Waals surface area contributed by atoms with Gasteiger partial charge in [-0.05, 0) is 39.2 Å². The van der Waals surface area contributed by atoms with Crippen LogP contribution in [0.1, 0.15) is 45.6 Å². The summed E-state index contributed by atoms with van der Waals surface area (Å²) < 4.78 is 10.9. The molecule has 3 aliphatic rings. The maximum atomic E-state index is 12.8. The van der Waals surface area contributed by atoms with Gasteiger partial charge >= 0.3 is 12.1 Å². The number of rotatable bonds is 3. The molecule has 26 heavy (non-hydrogen) atoms.